The zero-order chi connectivity index (χ0) is 9.84. The lowest BCUT2D eigenvalue weighted by Crippen LogP contribution is -1.78. The maximum absolute atomic E-state index is 4.09. The summed E-state index contributed by atoms with van der Waals surface area (Å²) in [6.07, 6.45) is 5.76. The van der Waals surface area contributed by atoms with Crippen molar-refractivity contribution in [2.24, 2.45) is 0 Å². The second-order valence-electron chi connectivity index (χ2n) is 2.85. The minimum Gasteiger partial charge on any atom is -0.360 e. The molecule has 0 unspecified atom stereocenters. The summed E-state index contributed by atoms with van der Waals surface area (Å²) in [5.74, 6) is 0. The Morgan fingerprint density at radius 2 is 1.77 bits per heavy atom. The topological polar surface area (TPSA) is 28.7 Å². The second kappa shape index (κ2) is 4.08. The number of hydrogen-bond donors (Lipinski definition) is 1. The second-order valence-corrected chi connectivity index (χ2v) is 2.85. The number of rotatable bonds is 0. The van der Waals surface area contributed by atoms with Gasteiger partial charge >= 0.3 is 0 Å². The molecule has 0 spiro atoms. The predicted octanol–water partition coefficient (Wildman–Crippen LogP) is 3.21. The van der Waals surface area contributed by atoms with E-state index in [-0.39, 0.29) is 0 Å². The highest BCUT2D eigenvalue weighted by Crippen LogP contribution is 2.19. The van der Waals surface area contributed by atoms with Gasteiger partial charge in [-0.15, -0.1) is 0 Å². The molecular weight excluding hydrogens is 160 g/mol. The standard InChI is InChI=1S/C9H10N2.C2H6/c1-6-3-10-5-8-9(6)7(2)4-11-8;1-2/h3-5,11H,1-2H3;1-2H3. The van der Waals surface area contributed by atoms with Gasteiger partial charge in [0.15, 0.2) is 0 Å². The van der Waals surface area contributed by atoms with E-state index >= 15 is 0 Å². The Kier molecular flexibility index (Phi) is 3.07. The Morgan fingerprint density at radius 3 is 2.38 bits per heavy atom. The van der Waals surface area contributed by atoms with Crippen LogP contribution in [-0.4, -0.2) is 9.97 Å². The summed E-state index contributed by atoms with van der Waals surface area (Å²) in [7, 11) is 0. The van der Waals surface area contributed by atoms with Crippen molar-refractivity contribution in [3.05, 3.63) is 29.7 Å². The smallest absolute Gasteiger partial charge is 0.0645 e. The van der Waals surface area contributed by atoms with Crippen molar-refractivity contribution >= 4 is 10.9 Å². The van der Waals surface area contributed by atoms with Crippen LogP contribution in [0.2, 0.25) is 0 Å². The lowest BCUT2D eigenvalue weighted by atomic mass is 10.1. The van der Waals surface area contributed by atoms with E-state index in [0.717, 1.165) is 5.52 Å². The van der Waals surface area contributed by atoms with Crippen LogP contribution in [0.4, 0.5) is 0 Å². The molecule has 0 aliphatic carbocycles. The van der Waals surface area contributed by atoms with Crippen LogP contribution in [0, 0.1) is 13.8 Å². The molecule has 0 amide bonds. The Morgan fingerprint density at radius 1 is 1.08 bits per heavy atom. The van der Waals surface area contributed by atoms with Crippen molar-refractivity contribution in [1.82, 2.24) is 9.97 Å². The van der Waals surface area contributed by atoms with E-state index in [1.165, 1.54) is 16.5 Å². The van der Waals surface area contributed by atoms with Crippen LogP contribution in [0.25, 0.3) is 10.9 Å². The van der Waals surface area contributed by atoms with E-state index in [2.05, 4.69) is 23.8 Å². The van der Waals surface area contributed by atoms with Crippen molar-refractivity contribution in [2.75, 3.05) is 0 Å². The molecule has 0 aliphatic heterocycles. The largest absolute Gasteiger partial charge is 0.360 e. The third kappa shape index (κ3) is 1.72. The molecule has 2 heterocycles. The van der Waals surface area contributed by atoms with Crippen LogP contribution in [0.3, 0.4) is 0 Å². The van der Waals surface area contributed by atoms with E-state index < -0.39 is 0 Å². The van der Waals surface area contributed by atoms with E-state index in [1.54, 1.807) is 0 Å². The summed E-state index contributed by atoms with van der Waals surface area (Å²) in [6.45, 7) is 8.18. The highest BCUT2D eigenvalue weighted by Gasteiger charge is 2.00. The number of nitrogens with one attached hydrogen (secondary N) is 1. The minimum absolute atomic E-state index is 1.13. The normalized spacial score (nSPS) is 9.54. The summed E-state index contributed by atoms with van der Waals surface area (Å²) < 4.78 is 0. The Balaban J connectivity index is 0.000000396. The highest BCUT2D eigenvalue weighted by molar-refractivity contribution is 5.85. The van der Waals surface area contributed by atoms with Gasteiger partial charge in [-0.3, -0.25) is 4.98 Å². The highest BCUT2D eigenvalue weighted by atomic mass is 14.7. The molecular formula is C11H16N2. The molecule has 1 N–H and O–H groups in total. The number of fused-ring (bicyclic) bond motifs is 1. The number of aromatic nitrogens is 2. The van der Waals surface area contributed by atoms with Crippen molar-refractivity contribution < 1.29 is 0 Å². The van der Waals surface area contributed by atoms with Gasteiger partial charge in [0.05, 0.1) is 11.7 Å². The van der Waals surface area contributed by atoms with Gasteiger partial charge in [-0.1, -0.05) is 13.8 Å². The first-order valence-electron chi connectivity index (χ1n) is 4.67. The molecule has 13 heavy (non-hydrogen) atoms. The molecule has 0 atom stereocenters. The molecule has 2 nitrogen and oxygen atoms in total. The predicted molar refractivity (Wildman–Crippen MR) is 56.9 cm³/mol. The maximum atomic E-state index is 4.09. The minimum atomic E-state index is 1.13. The molecule has 0 radical (unpaired) electrons. The summed E-state index contributed by atoms with van der Waals surface area (Å²) in [5, 5.41) is 1.31. The molecule has 2 aromatic heterocycles. The fourth-order valence-electron chi connectivity index (χ4n) is 1.46. The zero-order valence-corrected chi connectivity index (χ0v) is 8.68. The van der Waals surface area contributed by atoms with Crippen LogP contribution < -0.4 is 0 Å². The third-order valence-corrected chi connectivity index (χ3v) is 1.97. The van der Waals surface area contributed by atoms with Gasteiger partial charge < -0.3 is 4.98 Å². The number of H-pyrrole nitrogens is 1. The van der Waals surface area contributed by atoms with Crippen molar-refractivity contribution in [2.45, 2.75) is 27.7 Å². The summed E-state index contributed by atoms with van der Waals surface area (Å²) >= 11 is 0. The van der Waals surface area contributed by atoms with Crippen molar-refractivity contribution in [3.63, 3.8) is 0 Å². The average molecular weight is 176 g/mol. The molecule has 0 aromatic carbocycles. The third-order valence-electron chi connectivity index (χ3n) is 1.97. The maximum Gasteiger partial charge on any atom is 0.0645 e. The Hall–Kier alpha value is -1.31. The monoisotopic (exact) mass is 176 g/mol. The fraction of sp³-hybridized carbons (Fsp3) is 0.364. The molecule has 0 saturated carbocycles. The number of aromatic amines is 1. The summed E-state index contributed by atoms with van der Waals surface area (Å²) in [5.41, 5.74) is 3.66. The first kappa shape index (κ1) is 9.78. The molecule has 70 valence electrons. The molecule has 2 rings (SSSR count). The van der Waals surface area contributed by atoms with Gasteiger partial charge in [0.1, 0.15) is 0 Å². The lowest BCUT2D eigenvalue weighted by Gasteiger charge is -1.94. The first-order chi connectivity index (χ1) is 6.29. The van der Waals surface area contributed by atoms with Gasteiger partial charge in [0, 0.05) is 17.8 Å². The van der Waals surface area contributed by atoms with Gasteiger partial charge in [-0.25, -0.2) is 0 Å². The number of pyridine rings is 1. The van der Waals surface area contributed by atoms with Crippen LogP contribution >= 0.6 is 0 Å². The van der Waals surface area contributed by atoms with Crippen LogP contribution in [0.1, 0.15) is 25.0 Å². The number of nitrogens with zero attached hydrogens (tertiary/aromatic N) is 1. The zero-order valence-electron chi connectivity index (χ0n) is 8.68. The van der Waals surface area contributed by atoms with Gasteiger partial charge in [-0.05, 0) is 25.0 Å². The van der Waals surface area contributed by atoms with Gasteiger partial charge in [0.2, 0.25) is 0 Å². The van der Waals surface area contributed by atoms with E-state index in [0.29, 0.717) is 0 Å². The summed E-state index contributed by atoms with van der Waals surface area (Å²) in [6, 6.07) is 0. The Labute approximate surface area is 79.0 Å². The van der Waals surface area contributed by atoms with E-state index in [1.807, 2.05) is 32.4 Å². The van der Waals surface area contributed by atoms with Gasteiger partial charge in [-0.2, -0.15) is 0 Å². The van der Waals surface area contributed by atoms with Crippen molar-refractivity contribution in [1.29, 1.82) is 0 Å². The Bertz CT molecular complexity index is 388. The quantitative estimate of drug-likeness (QED) is 0.656. The van der Waals surface area contributed by atoms with Gasteiger partial charge in [0.25, 0.3) is 0 Å². The molecule has 2 aromatic rings. The molecule has 0 bridgehead atoms. The molecule has 0 saturated heterocycles. The first-order valence-corrected chi connectivity index (χ1v) is 4.67. The van der Waals surface area contributed by atoms with Crippen LogP contribution in [-0.2, 0) is 0 Å². The average Bonchev–Trinajstić information content (AvgIpc) is 2.53. The molecule has 0 fully saturated rings. The van der Waals surface area contributed by atoms with E-state index in [9.17, 15) is 0 Å². The molecule has 0 aliphatic rings. The number of aryl methyl sites for hydroxylation is 2. The van der Waals surface area contributed by atoms with E-state index in [4.69, 9.17) is 0 Å². The summed E-state index contributed by atoms with van der Waals surface area (Å²) in [4.78, 5) is 7.26. The molecule has 2 heteroatoms. The lowest BCUT2D eigenvalue weighted by molar-refractivity contribution is 1.29. The SMILES string of the molecule is CC.Cc1cncc2[nH]cc(C)c12. The fourth-order valence-corrected chi connectivity index (χ4v) is 1.46. The van der Waals surface area contributed by atoms with Crippen LogP contribution in [0.5, 0.6) is 0 Å². The van der Waals surface area contributed by atoms with Crippen LogP contribution in [0.15, 0.2) is 18.6 Å². The van der Waals surface area contributed by atoms with Crippen molar-refractivity contribution in [3.8, 4) is 0 Å². The number of hydrogen-bond acceptors (Lipinski definition) is 1.